The minimum absolute atomic E-state index is 0.0644. The van der Waals surface area contributed by atoms with Gasteiger partial charge in [-0.05, 0) is 31.1 Å². The highest BCUT2D eigenvalue weighted by Gasteiger charge is 2.19. The van der Waals surface area contributed by atoms with Gasteiger partial charge in [0.15, 0.2) is 6.10 Å². The van der Waals surface area contributed by atoms with E-state index in [2.05, 4.69) is 34.6 Å². The molecule has 0 aliphatic heterocycles. The van der Waals surface area contributed by atoms with Gasteiger partial charge in [0.25, 0.3) is 0 Å². The van der Waals surface area contributed by atoms with Crippen LogP contribution in [0.4, 0.5) is 0 Å². The van der Waals surface area contributed by atoms with Crippen LogP contribution < -0.4 is 0 Å². The van der Waals surface area contributed by atoms with E-state index in [1.54, 1.807) is 0 Å². The molecule has 0 rings (SSSR count). The van der Waals surface area contributed by atoms with Crippen molar-refractivity contribution in [2.24, 2.45) is 11.8 Å². The standard InChI is InChI=1S/C50H96O6/c1-6-7-8-9-10-18-27-32-37-42-50(53)56-47(44-55-49(52)41-36-31-26-22-21-24-29-34-39-46(4)5)43-54-48(51)40-35-30-25-20-17-15-13-11-12-14-16-19-23-28-33-38-45(2)3/h45-47H,6-44H2,1-5H3/t47-/m0/s1. The number of rotatable bonds is 44. The van der Waals surface area contributed by atoms with Gasteiger partial charge in [-0.15, -0.1) is 0 Å². The van der Waals surface area contributed by atoms with Crippen LogP contribution in [0.5, 0.6) is 0 Å². The molecular formula is C50H96O6. The number of carbonyl (C=O) groups is 3. The Bertz CT molecular complexity index is 854. The third-order valence-electron chi connectivity index (χ3n) is 11.2. The van der Waals surface area contributed by atoms with Gasteiger partial charge in [-0.25, -0.2) is 0 Å². The molecule has 56 heavy (non-hydrogen) atoms. The summed E-state index contributed by atoms with van der Waals surface area (Å²) in [5.74, 6) is 0.790. The molecule has 0 saturated carbocycles. The summed E-state index contributed by atoms with van der Waals surface area (Å²) in [6, 6.07) is 0. The van der Waals surface area contributed by atoms with Crippen LogP contribution in [0.15, 0.2) is 0 Å². The molecule has 0 spiro atoms. The minimum Gasteiger partial charge on any atom is -0.462 e. The zero-order valence-electron chi connectivity index (χ0n) is 38.3. The molecule has 6 nitrogen and oxygen atoms in total. The summed E-state index contributed by atoms with van der Waals surface area (Å²) < 4.78 is 16.7. The second kappa shape index (κ2) is 43.0. The van der Waals surface area contributed by atoms with E-state index in [0.717, 1.165) is 69.6 Å². The molecule has 0 aromatic rings. The quantitative estimate of drug-likeness (QED) is 0.0347. The molecule has 0 radical (unpaired) electrons. The fourth-order valence-electron chi connectivity index (χ4n) is 7.46. The molecule has 0 amide bonds. The summed E-state index contributed by atoms with van der Waals surface area (Å²) >= 11 is 0. The molecule has 0 saturated heterocycles. The van der Waals surface area contributed by atoms with E-state index >= 15 is 0 Å². The van der Waals surface area contributed by atoms with Crippen LogP contribution >= 0.6 is 0 Å². The lowest BCUT2D eigenvalue weighted by Gasteiger charge is -2.18. The minimum atomic E-state index is -0.760. The Hall–Kier alpha value is -1.59. The van der Waals surface area contributed by atoms with E-state index in [1.807, 2.05) is 0 Å². The maximum Gasteiger partial charge on any atom is 0.306 e. The zero-order chi connectivity index (χ0) is 41.2. The number of esters is 3. The van der Waals surface area contributed by atoms with Crippen molar-refractivity contribution in [3.8, 4) is 0 Å². The number of hydrogen-bond donors (Lipinski definition) is 0. The fourth-order valence-corrected chi connectivity index (χ4v) is 7.46. The Morgan fingerprint density at radius 2 is 0.589 bits per heavy atom. The molecule has 0 aliphatic rings. The van der Waals surface area contributed by atoms with Crippen LogP contribution in [0.1, 0.15) is 272 Å². The summed E-state index contributed by atoms with van der Waals surface area (Å²) in [6.45, 7) is 11.3. The Balaban J connectivity index is 4.22. The largest absolute Gasteiger partial charge is 0.462 e. The summed E-state index contributed by atoms with van der Waals surface area (Å²) in [6.07, 6.45) is 42.4. The summed E-state index contributed by atoms with van der Waals surface area (Å²) in [7, 11) is 0. The molecule has 332 valence electrons. The SMILES string of the molecule is CCCCCCCCCCCC(=O)O[C@@H](COC(=O)CCCCCCCCCCCCCCCCCC(C)C)COC(=O)CCCCCCCCCCC(C)C. The Labute approximate surface area is 348 Å². The third-order valence-corrected chi connectivity index (χ3v) is 11.2. The van der Waals surface area contributed by atoms with Crippen molar-refractivity contribution in [2.75, 3.05) is 13.2 Å². The van der Waals surface area contributed by atoms with Crippen LogP contribution in [-0.4, -0.2) is 37.2 Å². The lowest BCUT2D eigenvalue weighted by atomic mass is 10.0. The topological polar surface area (TPSA) is 78.9 Å². The van der Waals surface area contributed by atoms with E-state index in [0.29, 0.717) is 19.3 Å². The molecule has 0 aromatic carbocycles. The van der Waals surface area contributed by atoms with Gasteiger partial charge in [-0.3, -0.25) is 14.4 Å². The predicted octanol–water partition coefficient (Wildman–Crippen LogP) is 15.8. The lowest BCUT2D eigenvalue weighted by molar-refractivity contribution is -0.167. The summed E-state index contributed by atoms with van der Waals surface area (Å²) in [4.78, 5) is 37.8. The van der Waals surface area contributed by atoms with E-state index in [9.17, 15) is 14.4 Å². The van der Waals surface area contributed by atoms with Crippen LogP contribution in [0, 0.1) is 11.8 Å². The van der Waals surface area contributed by atoms with Gasteiger partial charge in [-0.2, -0.15) is 0 Å². The second-order valence-electron chi connectivity index (χ2n) is 18.1. The molecule has 1 atom stereocenters. The van der Waals surface area contributed by atoms with E-state index in [-0.39, 0.29) is 31.1 Å². The number of hydrogen-bond acceptors (Lipinski definition) is 6. The van der Waals surface area contributed by atoms with Crippen molar-refractivity contribution >= 4 is 17.9 Å². The maximum absolute atomic E-state index is 12.7. The van der Waals surface area contributed by atoms with Crippen LogP contribution in [0.25, 0.3) is 0 Å². The highest BCUT2D eigenvalue weighted by molar-refractivity contribution is 5.71. The molecule has 0 aromatic heterocycles. The van der Waals surface area contributed by atoms with Crippen molar-refractivity contribution in [2.45, 2.75) is 278 Å². The maximum atomic E-state index is 12.7. The summed E-state index contributed by atoms with van der Waals surface area (Å²) in [5.41, 5.74) is 0. The zero-order valence-corrected chi connectivity index (χ0v) is 38.3. The third kappa shape index (κ3) is 43.5. The molecule has 0 aliphatic carbocycles. The van der Waals surface area contributed by atoms with Crippen molar-refractivity contribution in [3.05, 3.63) is 0 Å². The van der Waals surface area contributed by atoms with E-state index < -0.39 is 6.10 Å². The highest BCUT2D eigenvalue weighted by Crippen LogP contribution is 2.17. The van der Waals surface area contributed by atoms with Crippen molar-refractivity contribution in [1.82, 2.24) is 0 Å². The predicted molar refractivity (Wildman–Crippen MR) is 238 cm³/mol. The molecule has 0 N–H and O–H groups in total. The van der Waals surface area contributed by atoms with E-state index in [4.69, 9.17) is 14.2 Å². The van der Waals surface area contributed by atoms with Crippen molar-refractivity contribution < 1.29 is 28.6 Å². The molecule has 0 bridgehead atoms. The highest BCUT2D eigenvalue weighted by atomic mass is 16.6. The smallest absolute Gasteiger partial charge is 0.306 e. The Morgan fingerprint density at radius 3 is 0.875 bits per heavy atom. The van der Waals surface area contributed by atoms with E-state index in [1.165, 1.54) is 161 Å². The van der Waals surface area contributed by atoms with Gasteiger partial charge < -0.3 is 14.2 Å². The summed E-state index contributed by atoms with van der Waals surface area (Å²) in [5, 5.41) is 0. The first-order valence-corrected chi connectivity index (χ1v) is 24.7. The van der Waals surface area contributed by atoms with Crippen LogP contribution in [0.3, 0.4) is 0 Å². The molecule has 0 fully saturated rings. The Kier molecular flexibility index (Phi) is 41.8. The average molecular weight is 793 g/mol. The van der Waals surface area contributed by atoms with Crippen LogP contribution in [0.2, 0.25) is 0 Å². The average Bonchev–Trinajstić information content (AvgIpc) is 3.16. The number of carbonyl (C=O) groups excluding carboxylic acids is 3. The first-order valence-electron chi connectivity index (χ1n) is 24.7. The van der Waals surface area contributed by atoms with Gasteiger partial charge in [0.05, 0.1) is 0 Å². The monoisotopic (exact) mass is 793 g/mol. The van der Waals surface area contributed by atoms with Gasteiger partial charge >= 0.3 is 17.9 Å². The molecular weight excluding hydrogens is 697 g/mol. The fraction of sp³-hybridized carbons (Fsp3) is 0.940. The van der Waals surface area contributed by atoms with Crippen molar-refractivity contribution in [1.29, 1.82) is 0 Å². The lowest BCUT2D eigenvalue weighted by Crippen LogP contribution is -2.30. The molecule has 0 heterocycles. The van der Waals surface area contributed by atoms with Gasteiger partial charge in [0.1, 0.15) is 13.2 Å². The van der Waals surface area contributed by atoms with Gasteiger partial charge in [0.2, 0.25) is 0 Å². The van der Waals surface area contributed by atoms with Crippen LogP contribution in [-0.2, 0) is 28.6 Å². The van der Waals surface area contributed by atoms with Gasteiger partial charge in [0, 0.05) is 19.3 Å². The normalized spacial score (nSPS) is 12.1. The second-order valence-corrected chi connectivity index (χ2v) is 18.1. The van der Waals surface area contributed by atoms with Gasteiger partial charge in [-0.1, -0.05) is 234 Å². The number of ether oxygens (including phenoxy) is 3. The number of unbranched alkanes of at least 4 members (excludes halogenated alkanes) is 29. The van der Waals surface area contributed by atoms with Crippen molar-refractivity contribution in [3.63, 3.8) is 0 Å². The molecule has 6 heteroatoms. The Morgan fingerprint density at radius 1 is 0.339 bits per heavy atom. The molecule has 0 unspecified atom stereocenters. The first-order chi connectivity index (χ1) is 27.2. The first kappa shape index (κ1) is 54.4.